The molecule has 0 atom stereocenters. The van der Waals surface area contributed by atoms with E-state index in [-0.39, 0.29) is 0 Å². The molecule has 20 heavy (non-hydrogen) atoms. The maximum atomic E-state index is 5.44. The van der Waals surface area contributed by atoms with Crippen LogP contribution in [0, 0.1) is 4.77 Å². The normalized spacial score (nSPS) is 11.1. The van der Waals surface area contributed by atoms with Crippen LogP contribution < -0.4 is 0 Å². The quantitative estimate of drug-likeness (QED) is 0.656. The van der Waals surface area contributed by atoms with Crippen molar-refractivity contribution >= 4 is 39.2 Å². The summed E-state index contributed by atoms with van der Waals surface area (Å²) in [7, 11) is 0. The first-order valence-electron chi connectivity index (χ1n) is 6.63. The molecule has 0 amide bonds. The molecule has 1 N–H and O–H groups in total. The summed E-state index contributed by atoms with van der Waals surface area (Å²) in [5.41, 5.74) is 4.83. The third kappa shape index (κ3) is 2.58. The molecule has 0 unspecified atom stereocenters. The summed E-state index contributed by atoms with van der Waals surface area (Å²) in [6, 6.07) is 14.9. The molecular weight excluding hydrogens is 332 g/mol. The number of halogens is 1. The number of nitrogens with one attached hydrogen (secondary N) is 1. The Morgan fingerprint density at radius 2 is 1.80 bits per heavy atom. The highest BCUT2D eigenvalue weighted by Crippen LogP contribution is 2.20. The highest BCUT2D eigenvalue weighted by molar-refractivity contribution is 9.10. The SMILES string of the molecule is CCc1ccc(Cn2c(=S)[nH]c3cc(Br)ccc32)cc1. The first-order chi connectivity index (χ1) is 9.67. The van der Waals surface area contributed by atoms with Gasteiger partial charge in [-0.3, -0.25) is 0 Å². The molecule has 1 heterocycles. The number of benzene rings is 2. The topological polar surface area (TPSA) is 20.7 Å². The van der Waals surface area contributed by atoms with Crippen LogP contribution in [0.4, 0.5) is 0 Å². The lowest BCUT2D eigenvalue weighted by Crippen LogP contribution is -1.99. The molecule has 0 spiro atoms. The number of aryl methyl sites for hydroxylation is 1. The average molecular weight is 347 g/mol. The van der Waals surface area contributed by atoms with E-state index in [4.69, 9.17) is 12.2 Å². The van der Waals surface area contributed by atoms with Crippen molar-refractivity contribution in [2.45, 2.75) is 19.9 Å². The fourth-order valence-corrected chi connectivity index (χ4v) is 2.99. The molecule has 2 nitrogen and oxygen atoms in total. The second-order valence-corrected chi connectivity index (χ2v) is 6.15. The van der Waals surface area contributed by atoms with Crippen molar-refractivity contribution < 1.29 is 0 Å². The van der Waals surface area contributed by atoms with Crippen molar-refractivity contribution in [3.63, 3.8) is 0 Å². The molecule has 0 aliphatic rings. The van der Waals surface area contributed by atoms with E-state index in [1.807, 2.05) is 6.07 Å². The molecule has 3 aromatic rings. The van der Waals surface area contributed by atoms with Gasteiger partial charge in [-0.15, -0.1) is 0 Å². The van der Waals surface area contributed by atoms with E-state index < -0.39 is 0 Å². The number of H-pyrrole nitrogens is 1. The highest BCUT2D eigenvalue weighted by Gasteiger charge is 2.05. The summed E-state index contributed by atoms with van der Waals surface area (Å²) in [5.74, 6) is 0. The van der Waals surface area contributed by atoms with Gasteiger partial charge < -0.3 is 9.55 Å². The monoisotopic (exact) mass is 346 g/mol. The van der Waals surface area contributed by atoms with Crippen molar-refractivity contribution in [1.82, 2.24) is 9.55 Å². The highest BCUT2D eigenvalue weighted by atomic mass is 79.9. The molecule has 102 valence electrons. The summed E-state index contributed by atoms with van der Waals surface area (Å²) >= 11 is 8.92. The lowest BCUT2D eigenvalue weighted by molar-refractivity contribution is 0.810. The number of fused-ring (bicyclic) bond motifs is 1. The van der Waals surface area contributed by atoms with E-state index in [9.17, 15) is 0 Å². The Hall–Kier alpha value is -1.39. The van der Waals surface area contributed by atoms with Gasteiger partial charge in [0.1, 0.15) is 0 Å². The molecular formula is C16H15BrN2S. The zero-order valence-electron chi connectivity index (χ0n) is 11.2. The predicted octanol–water partition coefficient (Wildman–Crippen LogP) is 5.07. The van der Waals surface area contributed by atoms with Crippen LogP contribution in [0.5, 0.6) is 0 Å². The summed E-state index contributed by atoms with van der Waals surface area (Å²) in [5, 5.41) is 0. The molecule has 0 aliphatic carbocycles. The van der Waals surface area contributed by atoms with Gasteiger partial charge in [-0.2, -0.15) is 0 Å². The zero-order chi connectivity index (χ0) is 14.1. The Morgan fingerprint density at radius 1 is 1.10 bits per heavy atom. The molecule has 0 saturated carbocycles. The van der Waals surface area contributed by atoms with Gasteiger partial charge in [0.2, 0.25) is 0 Å². The average Bonchev–Trinajstić information content (AvgIpc) is 2.75. The number of aromatic nitrogens is 2. The summed E-state index contributed by atoms with van der Waals surface area (Å²) in [6.07, 6.45) is 1.07. The van der Waals surface area contributed by atoms with Crippen LogP contribution in [0.1, 0.15) is 18.1 Å². The first kappa shape index (κ1) is 13.6. The van der Waals surface area contributed by atoms with Crippen molar-refractivity contribution in [1.29, 1.82) is 0 Å². The number of imidazole rings is 1. The number of aromatic amines is 1. The fraction of sp³-hybridized carbons (Fsp3) is 0.188. The standard InChI is InChI=1S/C16H15BrN2S/c1-2-11-3-5-12(6-4-11)10-19-15-8-7-13(17)9-14(15)18-16(19)20/h3-9H,2,10H2,1H3,(H,18,20). The van der Waals surface area contributed by atoms with Gasteiger partial charge in [0, 0.05) is 4.47 Å². The Labute approximate surface area is 131 Å². The van der Waals surface area contributed by atoms with Gasteiger partial charge in [-0.1, -0.05) is 47.1 Å². The van der Waals surface area contributed by atoms with Gasteiger partial charge in [-0.05, 0) is 48.0 Å². The van der Waals surface area contributed by atoms with Crippen molar-refractivity contribution in [2.75, 3.05) is 0 Å². The Morgan fingerprint density at radius 3 is 2.50 bits per heavy atom. The lowest BCUT2D eigenvalue weighted by Gasteiger charge is -2.06. The van der Waals surface area contributed by atoms with E-state index in [0.717, 1.165) is 33.2 Å². The van der Waals surface area contributed by atoms with Crippen LogP contribution in [0.15, 0.2) is 46.9 Å². The van der Waals surface area contributed by atoms with Gasteiger partial charge in [0.15, 0.2) is 4.77 Å². The van der Waals surface area contributed by atoms with Crippen molar-refractivity contribution in [2.24, 2.45) is 0 Å². The molecule has 1 aromatic heterocycles. The number of hydrogen-bond acceptors (Lipinski definition) is 1. The third-order valence-corrected chi connectivity index (χ3v) is 4.32. The minimum atomic E-state index is 0.762. The molecule has 4 heteroatoms. The number of rotatable bonds is 3. The number of hydrogen-bond donors (Lipinski definition) is 1. The van der Waals surface area contributed by atoms with Crippen LogP contribution in [0.25, 0.3) is 11.0 Å². The van der Waals surface area contributed by atoms with E-state index in [2.05, 4.69) is 68.8 Å². The van der Waals surface area contributed by atoms with Crippen LogP contribution in [-0.2, 0) is 13.0 Å². The predicted molar refractivity (Wildman–Crippen MR) is 89.7 cm³/mol. The largest absolute Gasteiger partial charge is 0.331 e. The Balaban J connectivity index is 2.01. The first-order valence-corrected chi connectivity index (χ1v) is 7.83. The smallest absolute Gasteiger partial charge is 0.178 e. The fourth-order valence-electron chi connectivity index (χ4n) is 2.36. The van der Waals surface area contributed by atoms with Crippen LogP contribution in [0.3, 0.4) is 0 Å². The van der Waals surface area contributed by atoms with Crippen LogP contribution >= 0.6 is 28.1 Å². The second-order valence-electron chi connectivity index (χ2n) is 4.85. The number of nitrogens with zero attached hydrogens (tertiary/aromatic N) is 1. The van der Waals surface area contributed by atoms with Crippen molar-refractivity contribution in [3.8, 4) is 0 Å². The minimum absolute atomic E-state index is 0.762. The van der Waals surface area contributed by atoms with E-state index in [1.165, 1.54) is 11.1 Å². The third-order valence-electron chi connectivity index (χ3n) is 3.51. The lowest BCUT2D eigenvalue weighted by atomic mass is 10.1. The summed E-state index contributed by atoms with van der Waals surface area (Å²) < 4.78 is 3.95. The summed E-state index contributed by atoms with van der Waals surface area (Å²) in [6.45, 7) is 2.97. The van der Waals surface area contributed by atoms with E-state index in [0.29, 0.717) is 0 Å². The molecule has 0 fully saturated rings. The second kappa shape index (κ2) is 5.54. The van der Waals surface area contributed by atoms with E-state index in [1.54, 1.807) is 0 Å². The maximum Gasteiger partial charge on any atom is 0.178 e. The van der Waals surface area contributed by atoms with Crippen LogP contribution in [-0.4, -0.2) is 9.55 Å². The molecule has 0 radical (unpaired) electrons. The van der Waals surface area contributed by atoms with Gasteiger partial charge >= 0.3 is 0 Å². The van der Waals surface area contributed by atoms with Crippen LogP contribution in [0.2, 0.25) is 0 Å². The molecule has 0 saturated heterocycles. The molecule has 0 aliphatic heterocycles. The summed E-state index contributed by atoms with van der Waals surface area (Å²) in [4.78, 5) is 3.26. The zero-order valence-corrected chi connectivity index (χ0v) is 13.6. The van der Waals surface area contributed by atoms with Gasteiger partial charge in [-0.25, -0.2) is 0 Å². The van der Waals surface area contributed by atoms with Crippen molar-refractivity contribution in [3.05, 3.63) is 62.8 Å². The molecule has 0 bridgehead atoms. The van der Waals surface area contributed by atoms with Gasteiger partial charge in [0.05, 0.1) is 17.6 Å². The van der Waals surface area contributed by atoms with E-state index >= 15 is 0 Å². The minimum Gasteiger partial charge on any atom is -0.331 e. The molecule has 3 rings (SSSR count). The Kier molecular flexibility index (Phi) is 3.76. The van der Waals surface area contributed by atoms with Gasteiger partial charge in [0.25, 0.3) is 0 Å². The molecule has 2 aromatic carbocycles. The Bertz CT molecular complexity index is 799. The maximum absolute atomic E-state index is 5.44.